The highest BCUT2D eigenvalue weighted by Crippen LogP contribution is 2.43. The SMILES string of the molecule is CCOC(=N)C(CCCCl)c1ccc2c(c1)C(C)(C)CN2CC(F)(F)F. The van der Waals surface area contributed by atoms with Crippen LogP contribution in [-0.4, -0.2) is 37.7 Å². The zero-order valence-electron chi connectivity index (χ0n) is 15.4. The van der Waals surface area contributed by atoms with Crippen LogP contribution in [-0.2, 0) is 10.2 Å². The van der Waals surface area contributed by atoms with Crippen molar-refractivity contribution in [3.05, 3.63) is 29.3 Å². The third-order valence-corrected chi connectivity index (χ3v) is 4.96. The van der Waals surface area contributed by atoms with Crippen LogP contribution in [0.5, 0.6) is 0 Å². The lowest BCUT2D eigenvalue weighted by atomic mass is 9.83. The van der Waals surface area contributed by atoms with Crippen LogP contribution in [0.15, 0.2) is 18.2 Å². The van der Waals surface area contributed by atoms with Crippen molar-refractivity contribution < 1.29 is 17.9 Å². The normalized spacial score (nSPS) is 17.1. The van der Waals surface area contributed by atoms with E-state index in [2.05, 4.69) is 0 Å². The molecule has 1 atom stereocenters. The predicted octanol–water partition coefficient (Wildman–Crippen LogP) is 5.46. The lowest BCUT2D eigenvalue weighted by Crippen LogP contribution is -2.36. The Morgan fingerprint density at radius 3 is 2.65 bits per heavy atom. The summed E-state index contributed by atoms with van der Waals surface area (Å²) < 4.78 is 44.1. The van der Waals surface area contributed by atoms with Gasteiger partial charge in [0.15, 0.2) is 5.90 Å². The number of hydrogen-bond donors (Lipinski definition) is 1. The van der Waals surface area contributed by atoms with Crippen molar-refractivity contribution in [1.82, 2.24) is 0 Å². The number of halogens is 4. The quantitative estimate of drug-likeness (QED) is 0.381. The Kier molecular flexibility index (Phi) is 6.48. The van der Waals surface area contributed by atoms with Gasteiger partial charge in [0.2, 0.25) is 0 Å². The highest BCUT2D eigenvalue weighted by molar-refractivity contribution is 6.17. The molecule has 2 rings (SSSR count). The lowest BCUT2D eigenvalue weighted by Gasteiger charge is -2.23. The van der Waals surface area contributed by atoms with E-state index in [4.69, 9.17) is 21.7 Å². The van der Waals surface area contributed by atoms with E-state index < -0.39 is 12.7 Å². The van der Waals surface area contributed by atoms with Gasteiger partial charge in [-0.15, -0.1) is 11.6 Å². The minimum Gasteiger partial charge on any atom is -0.481 e. The van der Waals surface area contributed by atoms with Gasteiger partial charge >= 0.3 is 6.18 Å². The van der Waals surface area contributed by atoms with Crippen molar-refractivity contribution in [2.45, 2.75) is 51.1 Å². The topological polar surface area (TPSA) is 36.3 Å². The maximum atomic E-state index is 12.9. The van der Waals surface area contributed by atoms with Gasteiger partial charge in [-0.25, -0.2) is 0 Å². The van der Waals surface area contributed by atoms with Crippen LogP contribution in [0, 0.1) is 5.41 Å². The molecule has 1 N–H and O–H groups in total. The van der Waals surface area contributed by atoms with Crippen LogP contribution in [0.1, 0.15) is 50.7 Å². The molecule has 1 heterocycles. The first-order chi connectivity index (χ1) is 12.1. The Labute approximate surface area is 158 Å². The van der Waals surface area contributed by atoms with Gasteiger partial charge in [-0.05, 0) is 37.0 Å². The number of rotatable bonds is 7. The van der Waals surface area contributed by atoms with Crippen LogP contribution < -0.4 is 4.90 Å². The molecule has 146 valence electrons. The number of nitrogens with one attached hydrogen (secondary N) is 1. The van der Waals surface area contributed by atoms with Crippen molar-refractivity contribution in [3.63, 3.8) is 0 Å². The maximum absolute atomic E-state index is 12.9. The van der Waals surface area contributed by atoms with E-state index in [0.29, 0.717) is 31.1 Å². The van der Waals surface area contributed by atoms with Gasteiger partial charge < -0.3 is 9.64 Å². The summed E-state index contributed by atoms with van der Waals surface area (Å²) >= 11 is 5.81. The molecule has 1 aromatic carbocycles. The highest BCUT2D eigenvalue weighted by atomic mass is 35.5. The number of anilines is 1. The lowest BCUT2D eigenvalue weighted by molar-refractivity contribution is -0.119. The maximum Gasteiger partial charge on any atom is 0.405 e. The second kappa shape index (κ2) is 8.07. The van der Waals surface area contributed by atoms with Crippen molar-refractivity contribution in [1.29, 1.82) is 5.41 Å². The van der Waals surface area contributed by atoms with E-state index in [9.17, 15) is 13.2 Å². The van der Waals surface area contributed by atoms with Gasteiger partial charge in [-0.1, -0.05) is 26.0 Å². The molecular formula is C19H26ClF3N2O. The predicted molar refractivity (Wildman–Crippen MR) is 99.8 cm³/mol. The molecule has 0 radical (unpaired) electrons. The third kappa shape index (κ3) is 4.84. The van der Waals surface area contributed by atoms with E-state index in [1.807, 2.05) is 32.9 Å². The van der Waals surface area contributed by atoms with E-state index in [0.717, 1.165) is 17.5 Å². The van der Waals surface area contributed by atoms with Crippen molar-refractivity contribution in [3.8, 4) is 0 Å². The van der Waals surface area contributed by atoms with E-state index in [1.54, 1.807) is 6.07 Å². The zero-order chi connectivity index (χ0) is 19.5. The van der Waals surface area contributed by atoms with Crippen LogP contribution in [0.4, 0.5) is 18.9 Å². The third-order valence-electron chi connectivity index (χ3n) is 4.69. The van der Waals surface area contributed by atoms with Gasteiger partial charge in [0.25, 0.3) is 0 Å². The van der Waals surface area contributed by atoms with Gasteiger partial charge in [0.05, 0.1) is 12.5 Å². The first kappa shape index (κ1) is 20.9. The van der Waals surface area contributed by atoms with Crippen LogP contribution in [0.3, 0.4) is 0 Å². The number of nitrogens with zero attached hydrogens (tertiary/aromatic N) is 1. The summed E-state index contributed by atoms with van der Waals surface area (Å²) in [5, 5.41) is 8.19. The van der Waals surface area contributed by atoms with Crippen molar-refractivity contribution in [2.24, 2.45) is 0 Å². The molecule has 0 bridgehead atoms. The molecule has 0 spiro atoms. The molecule has 3 nitrogen and oxygen atoms in total. The summed E-state index contributed by atoms with van der Waals surface area (Å²) in [6.07, 6.45) is -2.83. The fourth-order valence-corrected chi connectivity index (χ4v) is 3.73. The smallest absolute Gasteiger partial charge is 0.405 e. The molecule has 7 heteroatoms. The Bertz CT molecular complexity index is 646. The largest absolute Gasteiger partial charge is 0.481 e. The minimum absolute atomic E-state index is 0.181. The number of benzene rings is 1. The number of ether oxygens (including phenoxy) is 1. The molecule has 0 saturated carbocycles. The Balaban J connectivity index is 2.37. The summed E-state index contributed by atoms with van der Waals surface area (Å²) in [6.45, 7) is 5.51. The van der Waals surface area contributed by atoms with E-state index in [1.165, 1.54) is 4.90 Å². The molecule has 0 aromatic heterocycles. The molecule has 1 aliphatic rings. The van der Waals surface area contributed by atoms with Crippen LogP contribution in [0.2, 0.25) is 0 Å². The van der Waals surface area contributed by atoms with Gasteiger partial charge in [0, 0.05) is 23.5 Å². The summed E-state index contributed by atoms with van der Waals surface area (Å²) in [4.78, 5) is 1.39. The Hall–Kier alpha value is -1.43. The molecule has 0 aliphatic carbocycles. The monoisotopic (exact) mass is 390 g/mol. The summed E-state index contributed by atoms with van der Waals surface area (Å²) in [6, 6.07) is 5.51. The zero-order valence-corrected chi connectivity index (χ0v) is 16.2. The molecule has 1 aromatic rings. The fraction of sp³-hybridized carbons (Fsp3) is 0.632. The van der Waals surface area contributed by atoms with E-state index in [-0.39, 0.29) is 17.2 Å². The Morgan fingerprint density at radius 1 is 1.38 bits per heavy atom. The average Bonchev–Trinajstić information content (AvgIpc) is 2.77. The number of fused-ring (bicyclic) bond motifs is 1. The summed E-state index contributed by atoms with van der Waals surface area (Å²) in [5.41, 5.74) is 2.02. The summed E-state index contributed by atoms with van der Waals surface area (Å²) in [7, 11) is 0. The number of hydrogen-bond acceptors (Lipinski definition) is 3. The van der Waals surface area contributed by atoms with Crippen LogP contribution >= 0.6 is 11.6 Å². The number of alkyl halides is 4. The van der Waals surface area contributed by atoms with Crippen molar-refractivity contribution in [2.75, 3.05) is 30.5 Å². The van der Waals surface area contributed by atoms with Gasteiger partial charge in [-0.3, -0.25) is 5.41 Å². The van der Waals surface area contributed by atoms with Gasteiger partial charge in [-0.2, -0.15) is 13.2 Å². The molecular weight excluding hydrogens is 365 g/mol. The fourth-order valence-electron chi connectivity index (χ4n) is 3.58. The summed E-state index contributed by atoms with van der Waals surface area (Å²) in [5.74, 6) is 0.443. The van der Waals surface area contributed by atoms with Crippen molar-refractivity contribution >= 4 is 23.2 Å². The molecule has 1 unspecified atom stereocenters. The standard InChI is InChI=1S/C19H26ClF3N2O/c1-4-26-17(24)14(6-5-9-20)13-7-8-16-15(10-13)18(2,3)11-25(16)12-19(21,22)23/h7-8,10,14,24H,4-6,9,11-12H2,1-3H3. The van der Waals surface area contributed by atoms with Crippen LogP contribution in [0.25, 0.3) is 0 Å². The first-order valence-corrected chi connectivity index (χ1v) is 9.36. The van der Waals surface area contributed by atoms with E-state index >= 15 is 0 Å². The molecule has 0 fully saturated rings. The Morgan fingerprint density at radius 2 is 2.08 bits per heavy atom. The second-order valence-electron chi connectivity index (χ2n) is 7.31. The minimum atomic E-state index is -4.24. The van der Waals surface area contributed by atoms with Gasteiger partial charge in [0.1, 0.15) is 6.54 Å². The molecule has 0 amide bonds. The second-order valence-corrected chi connectivity index (χ2v) is 7.69. The highest BCUT2D eigenvalue weighted by Gasteiger charge is 2.41. The molecule has 26 heavy (non-hydrogen) atoms. The average molecular weight is 391 g/mol. The first-order valence-electron chi connectivity index (χ1n) is 8.82. The molecule has 0 saturated heterocycles. The molecule has 1 aliphatic heterocycles.